The molecule has 9 heteroatoms. The molecule has 0 fully saturated rings. The molecule has 1 aliphatic heterocycles. The first-order chi connectivity index (χ1) is 17.2. The Kier molecular flexibility index (Phi) is 6.87. The predicted octanol–water partition coefficient (Wildman–Crippen LogP) is 3.32. The molecule has 5 rings (SSSR count). The van der Waals surface area contributed by atoms with Crippen LogP contribution in [0, 0.1) is 0 Å². The Hall–Kier alpha value is -3.56. The van der Waals surface area contributed by atoms with Crippen molar-refractivity contribution in [3.63, 3.8) is 0 Å². The Morgan fingerprint density at radius 3 is 2.57 bits per heavy atom. The molecule has 2 N–H and O–H groups in total. The van der Waals surface area contributed by atoms with Crippen LogP contribution in [-0.2, 0) is 19.5 Å². The van der Waals surface area contributed by atoms with Crippen LogP contribution in [0.1, 0.15) is 36.8 Å². The molecule has 2 aromatic carbocycles. The summed E-state index contributed by atoms with van der Waals surface area (Å²) in [7, 11) is 2.10. The Morgan fingerprint density at radius 2 is 1.86 bits per heavy atom. The zero-order valence-corrected chi connectivity index (χ0v) is 20.4. The normalized spacial score (nSPS) is 13.9. The average Bonchev–Trinajstić information content (AvgIpc) is 3.53. The highest BCUT2D eigenvalue weighted by Gasteiger charge is 2.27. The summed E-state index contributed by atoms with van der Waals surface area (Å²) in [5.41, 5.74) is 5.64. The first kappa shape index (κ1) is 23.2. The number of aliphatic hydroxyl groups excluding tert-OH is 1. The number of nitrogens with one attached hydrogen (secondary N) is 1. The van der Waals surface area contributed by atoms with Crippen molar-refractivity contribution in [3.05, 3.63) is 65.6 Å². The summed E-state index contributed by atoms with van der Waals surface area (Å²) in [4.78, 5) is 9.63. The van der Waals surface area contributed by atoms with Gasteiger partial charge in [0, 0.05) is 45.3 Å². The average molecular weight is 473 g/mol. The highest BCUT2D eigenvalue weighted by molar-refractivity contribution is 5.80. The lowest BCUT2D eigenvalue weighted by Gasteiger charge is -2.34. The summed E-state index contributed by atoms with van der Waals surface area (Å²) in [6, 6.07) is 16.8. The minimum atomic E-state index is 0.218. The Bertz CT molecular complexity index is 1250. The first-order valence-electron chi connectivity index (χ1n) is 12.2. The number of imidazole rings is 1. The van der Waals surface area contributed by atoms with Crippen LogP contribution in [0.25, 0.3) is 22.5 Å². The molecule has 0 spiro atoms. The number of nitrogens with zero attached hydrogens (tertiary/aromatic N) is 7. The SMILES string of the molecule is CCCc1nc2c(n1Cc1ccc(-c3ccccc3-c3nn[nH]n3)cc1)CN(CCCO)CN2C. The van der Waals surface area contributed by atoms with Crippen LogP contribution in [0.15, 0.2) is 48.5 Å². The number of hydrogen-bond donors (Lipinski definition) is 2. The summed E-state index contributed by atoms with van der Waals surface area (Å²) in [6.45, 7) is 5.77. The Morgan fingerprint density at radius 1 is 1.06 bits per heavy atom. The van der Waals surface area contributed by atoms with Crippen molar-refractivity contribution in [2.75, 3.05) is 31.8 Å². The number of fused-ring (bicyclic) bond motifs is 1. The van der Waals surface area contributed by atoms with Crippen LogP contribution in [0.5, 0.6) is 0 Å². The number of aromatic nitrogens is 6. The lowest BCUT2D eigenvalue weighted by atomic mass is 9.98. The van der Waals surface area contributed by atoms with E-state index in [4.69, 9.17) is 4.98 Å². The van der Waals surface area contributed by atoms with Gasteiger partial charge in [0.1, 0.15) is 5.82 Å². The van der Waals surface area contributed by atoms with E-state index < -0.39 is 0 Å². The number of rotatable bonds is 9. The maximum atomic E-state index is 9.29. The third-order valence-electron chi connectivity index (χ3n) is 6.50. The fourth-order valence-corrected chi connectivity index (χ4v) is 4.84. The number of anilines is 1. The largest absolute Gasteiger partial charge is 0.396 e. The molecule has 0 atom stereocenters. The maximum absolute atomic E-state index is 9.29. The van der Waals surface area contributed by atoms with Gasteiger partial charge in [-0.1, -0.05) is 55.5 Å². The molecular weight excluding hydrogens is 440 g/mol. The number of H-pyrrole nitrogens is 1. The van der Waals surface area contributed by atoms with E-state index in [0.717, 1.165) is 73.9 Å². The molecule has 1 aliphatic rings. The van der Waals surface area contributed by atoms with Crippen LogP contribution in [-0.4, -0.2) is 67.0 Å². The number of tetrazole rings is 1. The van der Waals surface area contributed by atoms with Gasteiger partial charge in [-0.15, -0.1) is 10.2 Å². The number of aromatic amines is 1. The van der Waals surface area contributed by atoms with Crippen molar-refractivity contribution in [1.82, 2.24) is 35.1 Å². The van der Waals surface area contributed by atoms with Crippen molar-refractivity contribution >= 4 is 5.82 Å². The van der Waals surface area contributed by atoms with E-state index in [1.165, 1.54) is 11.3 Å². The van der Waals surface area contributed by atoms with E-state index in [1.54, 1.807) is 0 Å². The maximum Gasteiger partial charge on any atom is 0.205 e. The third-order valence-corrected chi connectivity index (χ3v) is 6.50. The van der Waals surface area contributed by atoms with Gasteiger partial charge in [0.25, 0.3) is 0 Å². The second-order valence-corrected chi connectivity index (χ2v) is 9.08. The third kappa shape index (κ3) is 4.82. The van der Waals surface area contributed by atoms with E-state index in [2.05, 4.69) is 79.3 Å². The van der Waals surface area contributed by atoms with Crippen molar-refractivity contribution < 1.29 is 5.11 Å². The molecule has 3 heterocycles. The second-order valence-electron chi connectivity index (χ2n) is 9.08. The smallest absolute Gasteiger partial charge is 0.205 e. The molecule has 4 aromatic rings. The Balaban J connectivity index is 1.43. The van der Waals surface area contributed by atoms with Gasteiger partial charge in [0.2, 0.25) is 5.82 Å². The van der Waals surface area contributed by atoms with Gasteiger partial charge in [-0.2, -0.15) is 5.21 Å². The fourth-order valence-electron chi connectivity index (χ4n) is 4.84. The van der Waals surface area contributed by atoms with Crippen LogP contribution in [0.4, 0.5) is 5.82 Å². The van der Waals surface area contributed by atoms with Crippen molar-refractivity contribution in [2.45, 2.75) is 39.3 Å². The van der Waals surface area contributed by atoms with Crippen LogP contribution in [0.3, 0.4) is 0 Å². The van der Waals surface area contributed by atoms with Gasteiger partial charge < -0.3 is 14.6 Å². The molecule has 0 saturated heterocycles. The molecule has 0 amide bonds. The molecule has 0 saturated carbocycles. The predicted molar refractivity (Wildman–Crippen MR) is 136 cm³/mol. The zero-order valence-electron chi connectivity index (χ0n) is 20.4. The summed E-state index contributed by atoms with van der Waals surface area (Å²) in [5.74, 6) is 2.81. The minimum Gasteiger partial charge on any atom is -0.396 e. The molecule has 0 aliphatic carbocycles. The second kappa shape index (κ2) is 10.4. The quantitative estimate of drug-likeness (QED) is 0.386. The van der Waals surface area contributed by atoms with Crippen molar-refractivity contribution in [2.24, 2.45) is 0 Å². The number of benzene rings is 2. The summed E-state index contributed by atoms with van der Waals surface area (Å²) in [6.07, 6.45) is 2.79. The zero-order chi connectivity index (χ0) is 24.2. The summed E-state index contributed by atoms with van der Waals surface area (Å²) >= 11 is 0. The fraction of sp³-hybridized carbons (Fsp3) is 0.385. The molecule has 35 heavy (non-hydrogen) atoms. The molecular formula is C26H32N8O. The number of aliphatic hydroxyl groups is 1. The minimum absolute atomic E-state index is 0.218. The van der Waals surface area contributed by atoms with E-state index >= 15 is 0 Å². The monoisotopic (exact) mass is 472 g/mol. The molecule has 0 bridgehead atoms. The number of hydrogen-bond acceptors (Lipinski definition) is 7. The van der Waals surface area contributed by atoms with E-state index in [-0.39, 0.29) is 6.61 Å². The van der Waals surface area contributed by atoms with Gasteiger partial charge in [-0.05, 0) is 34.7 Å². The van der Waals surface area contributed by atoms with Gasteiger partial charge in [0.15, 0.2) is 5.82 Å². The molecule has 9 nitrogen and oxygen atoms in total. The summed E-state index contributed by atoms with van der Waals surface area (Å²) < 4.78 is 2.39. The van der Waals surface area contributed by atoms with Gasteiger partial charge >= 0.3 is 0 Å². The molecule has 2 aromatic heterocycles. The summed E-state index contributed by atoms with van der Waals surface area (Å²) in [5, 5.41) is 23.9. The highest BCUT2D eigenvalue weighted by Crippen LogP contribution is 2.31. The van der Waals surface area contributed by atoms with Crippen LogP contribution < -0.4 is 4.90 Å². The molecule has 0 radical (unpaired) electrons. The Labute approximate surface area is 205 Å². The highest BCUT2D eigenvalue weighted by atomic mass is 16.3. The van der Waals surface area contributed by atoms with Gasteiger partial charge in [-0.25, -0.2) is 4.98 Å². The number of aryl methyl sites for hydroxylation is 1. The van der Waals surface area contributed by atoms with Gasteiger partial charge in [-0.3, -0.25) is 4.90 Å². The first-order valence-corrected chi connectivity index (χ1v) is 12.2. The van der Waals surface area contributed by atoms with Crippen LogP contribution >= 0.6 is 0 Å². The van der Waals surface area contributed by atoms with Crippen molar-refractivity contribution in [3.8, 4) is 22.5 Å². The van der Waals surface area contributed by atoms with Crippen LogP contribution in [0.2, 0.25) is 0 Å². The lowest BCUT2D eigenvalue weighted by Crippen LogP contribution is -2.41. The topological polar surface area (TPSA) is 99.0 Å². The van der Waals surface area contributed by atoms with Gasteiger partial charge in [0.05, 0.1) is 12.4 Å². The standard InChI is InChI=1S/C26H32N8O/c1-3-7-24-27-26-23(17-33(14-6-15-35)18-32(26)2)34(24)16-19-10-12-20(13-11-19)21-8-4-5-9-22(21)25-28-30-31-29-25/h4-5,8-13,35H,3,6-7,14-18H2,1-2H3,(H,28,29,30,31). The van der Waals surface area contributed by atoms with E-state index in [0.29, 0.717) is 5.82 Å². The lowest BCUT2D eigenvalue weighted by molar-refractivity contribution is 0.210. The van der Waals surface area contributed by atoms with E-state index in [9.17, 15) is 5.11 Å². The molecule has 182 valence electrons. The van der Waals surface area contributed by atoms with E-state index in [1.807, 2.05) is 18.2 Å². The van der Waals surface area contributed by atoms with Crippen molar-refractivity contribution in [1.29, 1.82) is 0 Å². The molecule has 0 unspecified atom stereocenters.